The molecule has 0 saturated carbocycles. The number of ether oxygens (including phenoxy) is 1. The number of esters is 1. The summed E-state index contributed by atoms with van der Waals surface area (Å²) in [4.78, 5) is 51.2. The fraction of sp³-hybridized carbons (Fsp3) is 0.333. The minimum Gasteiger partial charge on any atom is -0.481 e. The first-order valence-corrected chi connectivity index (χ1v) is 9.92. The molecule has 6 heteroatoms. The number of Topliss-reactive ketones (excluding diaryl/α,β-unsaturated/α-hetero) is 2. The second kappa shape index (κ2) is 7.86. The Morgan fingerprint density at radius 1 is 1.00 bits per heavy atom. The number of ketones is 2. The van der Waals surface area contributed by atoms with E-state index in [-0.39, 0.29) is 34.6 Å². The van der Waals surface area contributed by atoms with Crippen molar-refractivity contribution < 1.29 is 29.0 Å². The summed E-state index contributed by atoms with van der Waals surface area (Å²) in [5.41, 5.74) is -0.650. The molecule has 0 amide bonds. The predicted octanol–water partition coefficient (Wildman–Crippen LogP) is 4.23. The van der Waals surface area contributed by atoms with Crippen molar-refractivity contribution in [3.8, 4) is 0 Å². The van der Waals surface area contributed by atoms with Crippen molar-refractivity contribution in [1.29, 1.82) is 0 Å². The third-order valence-corrected chi connectivity index (χ3v) is 5.57. The standard InChI is InChI=1S/C24H24O6/c1-5-20(25)30-24(21(26)16-8-6-7-9-17(16)22(24)27)19-11-10-15(13(2)3)12-18(19)14(4)23(28)29/h6-14H,5H2,1-4H3,(H,28,29). The highest BCUT2D eigenvalue weighted by Crippen LogP contribution is 2.44. The molecular formula is C24H24O6. The summed E-state index contributed by atoms with van der Waals surface area (Å²) in [5.74, 6) is -4.04. The van der Waals surface area contributed by atoms with Gasteiger partial charge in [-0.05, 0) is 24.0 Å². The summed E-state index contributed by atoms with van der Waals surface area (Å²) in [6.07, 6.45) is -0.0352. The van der Waals surface area contributed by atoms with Crippen molar-refractivity contribution in [2.45, 2.75) is 51.6 Å². The molecule has 0 fully saturated rings. The molecule has 1 unspecified atom stereocenters. The van der Waals surface area contributed by atoms with Gasteiger partial charge >= 0.3 is 11.9 Å². The molecule has 0 saturated heterocycles. The van der Waals surface area contributed by atoms with E-state index in [0.29, 0.717) is 0 Å². The number of fused-ring (bicyclic) bond motifs is 1. The molecule has 0 bridgehead atoms. The van der Waals surface area contributed by atoms with E-state index in [1.807, 2.05) is 13.8 Å². The zero-order chi connectivity index (χ0) is 22.2. The second-order valence-electron chi connectivity index (χ2n) is 7.77. The van der Waals surface area contributed by atoms with Gasteiger partial charge in [0.05, 0.1) is 5.92 Å². The average Bonchev–Trinajstić information content (AvgIpc) is 2.95. The topological polar surface area (TPSA) is 97.7 Å². The molecule has 156 valence electrons. The normalized spacial score (nSPS) is 15.8. The van der Waals surface area contributed by atoms with Crippen molar-refractivity contribution in [3.05, 3.63) is 70.3 Å². The summed E-state index contributed by atoms with van der Waals surface area (Å²) in [7, 11) is 0. The Labute approximate surface area is 174 Å². The summed E-state index contributed by atoms with van der Waals surface area (Å²) >= 11 is 0. The van der Waals surface area contributed by atoms with Crippen LogP contribution in [0.2, 0.25) is 0 Å². The minimum absolute atomic E-state index is 0.0352. The number of hydrogen-bond acceptors (Lipinski definition) is 5. The number of aliphatic carboxylic acids is 1. The zero-order valence-corrected chi connectivity index (χ0v) is 17.4. The third kappa shape index (κ3) is 3.22. The van der Waals surface area contributed by atoms with Crippen molar-refractivity contribution in [2.75, 3.05) is 0 Å². The lowest BCUT2D eigenvalue weighted by molar-refractivity contribution is -0.152. The van der Waals surface area contributed by atoms with E-state index in [2.05, 4.69) is 0 Å². The molecule has 1 N–H and O–H groups in total. The minimum atomic E-state index is -2.22. The van der Waals surface area contributed by atoms with Gasteiger partial charge in [-0.3, -0.25) is 19.2 Å². The molecule has 0 aromatic heterocycles. The van der Waals surface area contributed by atoms with Crippen molar-refractivity contribution in [1.82, 2.24) is 0 Å². The van der Waals surface area contributed by atoms with E-state index in [1.54, 1.807) is 37.3 Å². The van der Waals surface area contributed by atoms with Crippen LogP contribution in [0.15, 0.2) is 42.5 Å². The van der Waals surface area contributed by atoms with Gasteiger partial charge in [0.25, 0.3) is 5.60 Å². The van der Waals surface area contributed by atoms with Gasteiger partial charge in [-0.1, -0.05) is 63.2 Å². The van der Waals surface area contributed by atoms with Gasteiger partial charge in [0.15, 0.2) is 0 Å². The molecule has 0 heterocycles. The Morgan fingerprint density at radius 3 is 2.03 bits per heavy atom. The van der Waals surface area contributed by atoms with Gasteiger partial charge < -0.3 is 9.84 Å². The fourth-order valence-electron chi connectivity index (χ4n) is 3.75. The monoisotopic (exact) mass is 408 g/mol. The number of hydrogen-bond donors (Lipinski definition) is 1. The van der Waals surface area contributed by atoms with Gasteiger partial charge in [0.1, 0.15) is 0 Å². The first-order valence-electron chi connectivity index (χ1n) is 9.92. The van der Waals surface area contributed by atoms with E-state index in [0.717, 1.165) is 5.56 Å². The summed E-state index contributed by atoms with van der Waals surface area (Å²) in [5, 5.41) is 9.67. The average molecular weight is 408 g/mol. The van der Waals surface area contributed by atoms with Gasteiger partial charge in [0.2, 0.25) is 11.6 Å². The van der Waals surface area contributed by atoms with Crippen LogP contribution in [-0.4, -0.2) is 28.6 Å². The SMILES string of the molecule is CCC(=O)OC1(c2ccc(C(C)C)cc2C(C)C(=O)O)C(=O)c2ccccc2C1=O. The van der Waals surface area contributed by atoms with Crippen LogP contribution in [0.5, 0.6) is 0 Å². The highest BCUT2D eigenvalue weighted by molar-refractivity contribution is 6.32. The molecule has 0 radical (unpaired) electrons. The maximum atomic E-state index is 13.5. The molecular weight excluding hydrogens is 384 g/mol. The lowest BCUT2D eigenvalue weighted by atomic mass is 9.80. The lowest BCUT2D eigenvalue weighted by Gasteiger charge is -2.30. The van der Waals surface area contributed by atoms with Gasteiger partial charge in [-0.15, -0.1) is 0 Å². The molecule has 3 rings (SSSR count). The first-order chi connectivity index (χ1) is 14.1. The Kier molecular flexibility index (Phi) is 5.61. The number of carbonyl (C=O) groups excluding carboxylic acids is 3. The van der Waals surface area contributed by atoms with Crippen LogP contribution in [0.3, 0.4) is 0 Å². The Bertz CT molecular complexity index is 1010. The number of benzene rings is 2. The summed E-state index contributed by atoms with van der Waals surface area (Å²) in [6, 6.07) is 11.3. The van der Waals surface area contributed by atoms with Gasteiger partial charge in [0, 0.05) is 23.1 Å². The Hall–Kier alpha value is -3.28. The van der Waals surface area contributed by atoms with Crippen molar-refractivity contribution >= 4 is 23.5 Å². The van der Waals surface area contributed by atoms with Crippen LogP contribution in [0, 0.1) is 0 Å². The van der Waals surface area contributed by atoms with Gasteiger partial charge in [-0.25, -0.2) is 0 Å². The molecule has 30 heavy (non-hydrogen) atoms. The van der Waals surface area contributed by atoms with Gasteiger partial charge in [-0.2, -0.15) is 0 Å². The molecule has 2 aromatic carbocycles. The highest BCUT2D eigenvalue weighted by Gasteiger charge is 2.58. The van der Waals surface area contributed by atoms with E-state index >= 15 is 0 Å². The van der Waals surface area contributed by atoms with Crippen LogP contribution in [0.25, 0.3) is 0 Å². The first kappa shape index (κ1) is 21.4. The Balaban J connectivity index is 2.35. The number of carboxylic acids is 1. The highest BCUT2D eigenvalue weighted by atomic mass is 16.6. The van der Waals surface area contributed by atoms with Crippen LogP contribution in [-0.2, 0) is 19.9 Å². The maximum Gasteiger partial charge on any atom is 0.310 e. The van der Waals surface area contributed by atoms with Crippen molar-refractivity contribution in [2.24, 2.45) is 0 Å². The molecule has 1 atom stereocenters. The molecule has 1 aliphatic carbocycles. The molecule has 6 nitrogen and oxygen atoms in total. The van der Waals surface area contributed by atoms with Crippen molar-refractivity contribution in [3.63, 3.8) is 0 Å². The zero-order valence-electron chi connectivity index (χ0n) is 17.4. The number of carboxylic acid groups (broad SMARTS) is 1. The van der Waals surface area contributed by atoms with E-state index < -0.39 is 35.0 Å². The van der Waals surface area contributed by atoms with E-state index in [4.69, 9.17) is 4.74 Å². The fourth-order valence-corrected chi connectivity index (χ4v) is 3.75. The van der Waals surface area contributed by atoms with Crippen LogP contribution < -0.4 is 0 Å². The van der Waals surface area contributed by atoms with Crippen LogP contribution in [0.1, 0.15) is 83.4 Å². The van der Waals surface area contributed by atoms with E-state index in [1.165, 1.54) is 19.1 Å². The van der Waals surface area contributed by atoms with E-state index in [9.17, 15) is 24.3 Å². The third-order valence-electron chi connectivity index (χ3n) is 5.57. The molecule has 2 aromatic rings. The molecule has 0 aliphatic heterocycles. The smallest absolute Gasteiger partial charge is 0.310 e. The Morgan fingerprint density at radius 2 is 1.57 bits per heavy atom. The quantitative estimate of drug-likeness (QED) is 0.567. The number of carbonyl (C=O) groups is 4. The summed E-state index contributed by atoms with van der Waals surface area (Å²) < 4.78 is 5.58. The second-order valence-corrected chi connectivity index (χ2v) is 7.77. The van der Waals surface area contributed by atoms with Crippen LogP contribution in [0.4, 0.5) is 0 Å². The molecule has 1 aliphatic rings. The maximum absolute atomic E-state index is 13.5. The summed E-state index contributed by atoms with van der Waals surface area (Å²) in [6.45, 7) is 6.96. The largest absolute Gasteiger partial charge is 0.481 e. The predicted molar refractivity (Wildman–Crippen MR) is 110 cm³/mol. The molecule has 0 spiro atoms. The van der Waals surface area contributed by atoms with Crippen LogP contribution >= 0.6 is 0 Å². The lowest BCUT2D eigenvalue weighted by Crippen LogP contribution is -2.44. The number of rotatable bonds is 6.